The molecule has 488 valence electrons. The van der Waals surface area contributed by atoms with E-state index in [1.54, 1.807) is 0 Å². The topological polar surface area (TPSA) is 30.0 Å². The third-order valence-electron chi connectivity index (χ3n) is 15.3. The molecule has 0 aromatic heterocycles. The Morgan fingerprint density at radius 2 is 0.293 bits per heavy atom. The molecule has 0 aromatic carbocycles. The molecule has 0 atom stereocenters. The Morgan fingerprint density at radius 3 is 0.378 bits per heavy atom. The van der Waals surface area contributed by atoms with Gasteiger partial charge in [0.25, 0.3) is 0 Å². The zero-order chi connectivity index (χ0) is 62.2. The van der Waals surface area contributed by atoms with Crippen LogP contribution in [0.5, 0.6) is 0 Å². The van der Waals surface area contributed by atoms with Crippen LogP contribution in [-0.2, 0) is 73.7 Å². The van der Waals surface area contributed by atoms with Gasteiger partial charge in [-0.1, -0.05) is 330 Å². The van der Waals surface area contributed by atoms with Gasteiger partial charge in [-0.15, -0.1) is 0 Å². The molecule has 0 spiro atoms. The first-order valence-electron chi connectivity index (χ1n) is 34.9. The van der Waals surface area contributed by atoms with Crippen LogP contribution in [0.15, 0.2) is 0 Å². The molecule has 14 heteroatoms. The van der Waals surface area contributed by atoms with Gasteiger partial charge in [-0.3, -0.25) is 0 Å². The molecule has 0 bridgehead atoms. The van der Waals surface area contributed by atoms with E-state index >= 15 is 0 Å². The fourth-order valence-corrected chi connectivity index (χ4v) is 11.3. The molecule has 0 radical (unpaired) electrons. The molecule has 0 aromatic rings. The summed E-state index contributed by atoms with van der Waals surface area (Å²) >= 11 is 42.3. The third kappa shape index (κ3) is 78.9. The monoisotopic (exact) mass is 1380 g/mol. The van der Waals surface area contributed by atoms with Crippen molar-refractivity contribution >= 4 is 117 Å². The first-order chi connectivity index (χ1) is 39.9. The second kappa shape index (κ2) is 81.9. The van der Waals surface area contributed by atoms with E-state index in [9.17, 15) is 0 Å². The van der Waals surface area contributed by atoms with Crippen LogP contribution in [0.3, 0.4) is 0 Å². The average molecular weight is 1380 g/mol. The van der Waals surface area contributed by atoms with Gasteiger partial charge < -0.3 is 119 Å². The van der Waals surface area contributed by atoms with Crippen LogP contribution in [0.25, 0.3) is 0 Å². The molecular weight excluding hydrogens is 1240 g/mol. The van der Waals surface area contributed by atoms with Gasteiger partial charge in [0.15, 0.2) is 0 Å². The van der Waals surface area contributed by atoms with Gasteiger partial charge in [-0.05, 0) is 51.4 Å². The van der Waals surface area contributed by atoms with E-state index in [0.29, 0.717) is 37.1 Å². The third-order valence-corrected chi connectivity index (χ3v) is 17.4. The quantitative estimate of drug-likeness (QED) is 0.0251. The van der Waals surface area contributed by atoms with Crippen LogP contribution in [0.1, 0.15) is 364 Å². The Labute approximate surface area is 570 Å². The predicted octanol–water partition coefficient (Wildman–Crippen LogP) is 23.2. The van der Waals surface area contributed by atoms with Gasteiger partial charge in [0, 0.05) is 52.4 Å². The first kappa shape index (κ1) is 91.7. The zero-order valence-corrected chi connectivity index (χ0v) is 64.0. The number of hydrogen-bond acceptors (Lipinski definition) is 9. The maximum atomic E-state index is 8.26. The Balaban J connectivity index is -0.000000318. The van der Waals surface area contributed by atoms with Gasteiger partial charge in [0.1, 0.15) is 0 Å². The minimum atomic E-state index is 0.673. The molecule has 0 heterocycles. The Hall–Kier alpha value is 0.928. The van der Waals surface area contributed by atoms with E-state index in [0.717, 1.165) is 52.4 Å². The summed E-state index contributed by atoms with van der Waals surface area (Å²) in [5.41, 5.74) is 0. The van der Waals surface area contributed by atoms with E-state index < -0.39 is 0 Å². The molecule has 0 saturated carbocycles. The van der Waals surface area contributed by atoms with Gasteiger partial charge in [-0.2, -0.15) is 0 Å². The summed E-state index contributed by atoms with van der Waals surface area (Å²) in [5.74, 6) is 0. The van der Waals surface area contributed by atoms with Crippen molar-refractivity contribution in [1.82, 2.24) is 19.6 Å². The van der Waals surface area contributed by atoms with Crippen molar-refractivity contribution in [2.45, 2.75) is 364 Å². The molecule has 0 amide bonds. The molecule has 0 N–H and O–H groups in total. The minimum absolute atomic E-state index is 0.673. The Kier molecular flexibility index (Phi) is 91.6. The fraction of sp³-hybridized carbons (Fsp3) is 0.941. The number of hydrogen-bond donors (Lipinski definition) is 0. The Morgan fingerprint density at radius 1 is 0.207 bits per heavy atom. The fourth-order valence-electron chi connectivity index (χ4n) is 9.84. The van der Waals surface area contributed by atoms with Crippen LogP contribution in [0, 0.1) is 0 Å². The van der Waals surface area contributed by atoms with E-state index in [-0.39, 0.29) is 0 Å². The summed E-state index contributed by atoms with van der Waals surface area (Å²) in [4.78, 5) is 8.96. The van der Waals surface area contributed by atoms with Crippen molar-refractivity contribution in [2.75, 3.05) is 52.4 Å². The summed E-state index contributed by atoms with van der Waals surface area (Å²) in [7, 11) is 0. The van der Waals surface area contributed by atoms with Gasteiger partial charge >= 0.3 is 23.2 Å². The normalized spacial score (nSPS) is 10.5. The van der Waals surface area contributed by atoms with E-state index in [4.69, 9.17) is 103 Å². The van der Waals surface area contributed by atoms with Crippen molar-refractivity contribution in [1.29, 1.82) is 0 Å². The SMILES string of the molecule is CCCCCCCCN(CCCCCCCC)C(=S)[S-].CCCCCCCCN(CCCCCCCC)C(=S)[S-].CCCCCCCCN(CCCCCCCC)C(=S)[S-].CCCCCCCCN(CCCCCCCC)C(=S)[S-].[O]=[Mo+4]. The van der Waals surface area contributed by atoms with Crippen molar-refractivity contribution in [2.24, 2.45) is 0 Å². The average Bonchev–Trinajstić information content (AvgIpc) is 3.46. The molecule has 5 nitrogen and oxygen atoms in total. The van der Waals surface area contributed by atoms with Crippen LogP contribution in [0.2, 0.25) is 0 Å². The number of unbranched alkanes of at least 4 members (excludes halogenated alkanes) is 40. The zero-order valence-electron chi connectivity index (χ0n) is 55.5. The van der Waals surface area contributed by atoms with Crippen molar-refractivity contribution in [3.05, 3.63) is 0 Å². The molecule has 0 saturated heterocycles. The van der Waals surface area contributed by atoms with E-state index in [1.807, 2.05) is 0 Å². The standard InChI is InChI=1S/4C17H35NS2.Mo.O/c4*1-3-5-7-9-11-13-15-18(17(19)20)16-14-12-10-8-6-4-2;;/h4*3-16H2,1-2H3,(H,19,20);;/q;;;;+4;/p-4. The maximum absolute atomic E-state index is 8.26. The van der Waals surface area contributed by atoms with Gasteiger partial charge in [0.05, 0.1) is 0 Å². The summed E-state index contributed by atoms with van der Waals surface area (Å²) < 4.78 is 11.0. The van der Waals surface area contributed by atoms with Crippen LogP contribution in [0.4, 0.5) is 0 Å². The molecule has 0 rings (SSSR count). The van der Waals surface area contributed by atoms with Crippen LogP contribution >= 0.6 is 48.9 Å². The molecule has 0 aliphatic heterocycles. The van der Waals surface area contributed by atoms with Crippen molar-refractivity contribution in [3.8, 4) is 0 Å². The molecule has 0 unspecified atom stereocenters. The Bertz CT molecular complexity index is 1030. The number of rotatable bonds is 56. The van der Waals surface area contributed by atoms with Crippen LogP contribution < -0.4 is 0 Å². The molecule has 0 aliphatic carbocycles. The summed E-state index contributed by atoms with van der Waals surface area (Å²) in [6.45, 7) is 26.7. The van der Waals surface area contributed by atoms with E-state index in [2.05, 4.69) is 75.0 Å². The molecular formula is C68H136MoN4OS8. The van der Waals surface area contributed by atoms with Gasteiger partial charge in [-0.25, -0.2) is 0 Å². The van der Waals surface area contributed by atoms with E-state index in [1.165, 1.54) is 308 Å². The predicted molar refractivity (Wildman–Crippen MR) is 394 cm³/mol. The van der Waals surface area contributed by atoms with Crippen molar-refractivity contribution in [3.63, 3.8) is 0 Å². The summed E-state index contributed by atoms with van der Waals surface area (Å²) in [6.07, 6.45) is 64.1. The number of nitrogens with zero attached hydrogens (tertiary/aromatic N) is 4. The summed E-state index contributed by atoms with van der Waals surface area (Å²) in [6, 6.07) is 0. The first-order valence-corrected chi connectivity index (χ1v) is 39.0. The number of thiocarbonyl (C=S) groups is 4. The second-order valence-corrected chi connectivity index (χ2v) is 27.3. The van der Waals surface area contributed by atoms with Crippen LogP contribution in [-0.4, -0.2) is 89.2 Å². The van der Waals surface area contributed by atoms with Gasteiger partial charge in [0.2, 0.25) is 0 Å². The molecule has 0 aliphatic rings. The van der Waals surface area contributed by atoms with Crippen molar-refractivity contribution < 1.29 is 23.2 Å². The second-order valence-electron chi connectivity index (χ2n) is 23.2. The molecule has 0 fully saturated rings. The molecule has 82 heavy (non-hydrogen) atoms. The summed E-state index contributed by atoms with van der Waals surface area (Å²) in [5, 5.41) is 0.